The molecule has 1 aliphatic rings. The second-order valence-corrected chi connectivity index (χ2v) is 7.10. The van der Waals surface area contributed by atoms with Gasteiger partial charge in [-0.1, -0.05) is 35.9 Å². The van der Waals surface area contributed by atoms with Gasteiger partial charge < -0.3 is 0 Å². The third kappa shape index (κ3) is 2.81. The number of nitrogens with one attached hydrogen (secondary N) is 1. The number of benzene rings is 2. The first-order valence-corrected chi connectivity index (χ1v) is 8.39. The van der Waals surface area contributed by atoms with E-state index in [0.717, 1.165) is 23.6 Å². The second-order valence-electron chi connectivity index (χ2n) is 4.99. The minimum Gasteiger partial charge on any atom is -0.207 e. The molecular weight excluding hydrogens is 313 g/mol. The van der Waals surface area contributed by atoms with Crippen LogP contribution in [0.1, 0.15) is 23.6 Å². The summed E-state index contributed by atoms with van der Waals surface area (Å²) in [4.78, 5) is -0.378. The Bertz CT molecular complexity index is 792. The summed E-state index contributed by atoms with van der Waals surface area (Å²) in [5.74, 6) is -0.846. The van der Waals surface area contributed by atoms with E-state index in [9.17, 15) is 12.8 Å². The molecule has 3 nitrogen and oxygen atoms in total. The molecule has 0 spiro atoms. The first-order chi connectivity index (χ1) is 9.97. The number of halogens is 2. The maximum atomic E-state index is 13.8. The zero-order chi connectivity index (χ0) is 15.0. The summed E-state index contributed by atoms with van der Waals surface area (Å²) in [5.41, 5.74) is 2.08. The molecule has 3 rings (SSSR count). The fourth-order valence-corrected chi connectivity index (χ4v) is 4.09. The maximum Gasteiger partial charge on any atom is 0.244 e. The molecule has 0 bridgehead atoms. The largest absolute Gasteiger partial charge is 0.244 e. The molecule has 0 saturated heterocycles. The molecule has 1 N–H and O–H groups in total. The van der Waals surface area contributed by atoms with E-state index in [2.05, 4.69) is 4.72 Å². The Morgan fingerprint density at radius 3 is 2.71 bits per heavy atom. The Morgan fingerprint density at radius 1 is 1.19 bits per heavy atom. The van der Waals surface area contributed by atoms with Crippen molar-refractivity contribution in [3.05, 3.63) is 64.4 Å². The minimum absolute atomic E-state index is 0.165. The van der Waals surface area contributed by atoms with Crippen LogP contribution in [-0.2, 0) is 16.4 Å². The number of aryl methyl sites for hydroxylation is 1. The lowest BCUT2D eigenvalue weighted by atomic mass is 10.1. The van der Waals surface area contributed by atoms with Crippen LogP contribution in [0.3, 0.4) is 0 Å². The Hall–Kier alpha value is -1.43. The summed E-state index contributed by atoms with van der Waals surface area (Å²) in [7, 11) is -3.92. The number of sulfonamides is 1. The third-order valence-corrected chi connectivity index (χ3v) is 5.35. The van der Waals surface area contributed by atoms with Crippen LogP contribution >= 0.6 is 11.6 Å². The van der Waals surface area contributed by atoms with E-state index in [1.807, 2.05) is 24.3 Å². The molecule has 0 radical (unpaired) electrons. The van der Waals surface area contributed by atoms with Crippen LogP contribution in [0.4, 0.5) is 4.39 Å². The van der Waals surface area contributed by atoms with Gasteiger partial charge in [-0.05, 0) is 42.2 Å². The van der Waals surface area contributed by atoms with Crippen LogP contribution in [0.25, 0.3) is 0 Å². The van der Waals surface area contributed by atoms with Gasteiger partial charge in [0.1, 0.15) is 10.7 Å². The lowest BCUT2D eigenvalue weighted by molar-refractivity contribution is 0.538. The molecule has 0 unspecified atom stereocenters. The number of rotatable bonds is 3. The van der Waals surface area contributed by atoms with Crippen molar-refractivity contribution in [1.82, 2.24) is 4.72 Å². The van der Waals surface area contributed by atoms with Crippen LogP contribution in [0.2, 0.25) is 5.02 Å². The zero-order valence-corrected chi connectivity index (χ0v) is 12.6. The smallest absolute Gasteiger partial charge is 0.207 e. The van der Waals surface area contributed by atoms with Gasteiger partial charge in [-0.2, -0.15) is 0 Å². The van der Waals surface area contributed by atoms with Gasteiger partial charge in [0, 0.05) is 11.1 Å². The molecule has 6 heteroatoms. The monoisotopic (exact) mass is 325 g/mol. The fraction of sp³-hybridized carbons (Fsp3) is 0.200. The van der Waals surface area contributed by atoms with Gasteiger partial charge in [0.2, 0.25) is 10.0 Å². The molecule has 0 fully saturated rings. The summed E-state index contributed by atoms with van der Waals surface area (Å²) < 4.78 is 41.1. The predicted molar refractivity (Wildman–Crippen MR) is 79.2 cm³/mol. The molecule has 0 heterocycles. The first-order valence-electron chi connectivity index (χ1n) is 6.52. The lowest BCUT2D eigenvalue weighted by Gasteiger charge is -2.15. The Kier molecular flexibility index (Phi) is 3.73. The molecule has 0 saturated carbocycles. The molecule has 1 atom stereocenters. The highest BCUT2D eigenvalue weighted by Gasteiger charge is 2.28. The van der Waals surface area contributed by atoms with E-state index in [1.165, 1.54) is 12.1 Å². The van der Waals surface area contributed by atoms with Crippen molar-refractivity contribution in [2.24, 2.45) is 0 Å². The maximum absolute atomic E-state index is 13.8. The molecule has 1 aliphatic carbocycles. The quantitative estimate of drug-likeness (QED) is 0.939. The van der Waals surface area contributed by atoms with Gasteiger partial charge in [-0.3, -0.25) is 0 Å². The molecule has 0 amide bonds. The van der Waals surface area contributed by atoms with Crippen molar-refractivity contribution in [3.63, 3.8) is 0 Å². The average Bonchev–Trinajstić information content (AvgIpc) is 2.81. The van der Waals surface area contributed by atoms with Gasteiger partial charge in [-0.15, -0.1) is 0 Å². The second kappa shape index (κ2) is 5.40. The highest BCUT2D eigenvalue weighted by atomic mass is 35.5. The normalized spacial score (nSPS) is 17.7. The summed E-state index contributed by atoms with van der Waals surface area (Å²) in [6.45, 7) is 0. The molecule has 0 aromatic heterocycles. The standard InChI is InChI=1S/C15H13ClFNO2S/c16-11-6-8-15(13(17)9-11)21(19,20)18-14-7-5-10-3-1-2-4-12(10)14/h1-4,6,8-9,14,18H,5,7H2/t14-/m0/s1. The van der Waals surface area contributed by atoms with Gasteiger partial charge in [-0.25, -0.2) is 17.5 Å². The molecule has 2 aromatic carbocycles. The highest BCUT2D eigenvalue weighted by molar-refractivity contribution is 7.89. The molecule has 0 aliphatic heterocycles. The van der Waals surface area contributed by atoms with Gasteiger partial charge in [0.05, 0.1) is 0 Å². The number of fused-ring (bicyclic) bond motifs is 1. The zero-order valence-electron chi connectivity index (χ0n) is 11.0. The van der Waals surface area contributed by atoms with E-state index in [4.69, 9.17) is 11.6 Å². The van der Waals surface area contributed by atoms with Gasteiger partial charge in [0.15, 0.2) is 0 Å². The summed E-state index contributed by atoms with van der Waals surface area (Å²) in [6, 6.07) is 10.9. The van der Waals surface area contributed by atoms with Crippen LogP contribution < -0.4 is 4.72 Å². The summed E-state index contributed by atoms with van der Waals surface area (Å²) in [6.07, 6.45) is 1.49. The van der Waals surface area contributed by atoms with Crippen molar-refractivity contribution in [1.29, 1.82) is 0 Å². The average molecular weight is 326 g/mol. The topological polar surface area (TPSA) is 46.2 Å². The van der Waals surface area contributed by atoms with E-state index in [1.54, 1.807) is 0 Å². The number of hydrogen-bond donors (Lipinski definition) is 1. The fourth-order valence-electron chi connectivity index (χ4n) is 2.62. The van der Waals surface area contributed by atoms with Gasteiger partial charge in [0.25, 0.3) is 0 Å². The lowest BCUT2D eigenvalue weighted by Crippen LogP contribution is -2.28. The van der Waals surface area contributed by atoms with E-state index < -0.39 is 15.8 Å². The summed E-state index contributed by atoms with van der Waals surface area (Å²) >= 11 is 5.65. The number of hydrogen-bond acceptors (Lipinski definition) is 2. The van der Waals surface area contributed by atoms with E-state index in [-0.39, 0.29) is 16.0 Å². The molecule has 110 valence electrons. The third-order valence-electron chi connectivity index (χ3n) is 3.61. The van der Waals surface area contributed by atoms with Crippen LogP contribution in [0, 0.1) is 5.82 Å². The van der Waals surface area contributed by atoms with Crippen LogP contribution in [0.15, 0.2) is 47.4 Å². The summed E-state index contributed by atoms with van der Waals surface area (Å²) in [5, 5.41) is 0.165. The van der Waals surface area contributed by atoms with Crippen molar-refractivity contribution in [2.45, 2.75) is 23.8 Å². The van der Waals surface area contributed by atoms with Crippen molar-refractivity contribution in [3.8, 4) is 0 Å². The van der Waals surface area contributed by atoms with Crippen molar-refractivity contribution < 1.29 is 12.8 Å². The molecule has 21 heavy (non-hydrogen) atoms. The van der Waals surface area contributed by atoms with Gasteiger partial charge >= 0.3 is 0 Å². The Labute approximate surface area is 127 Å². The molecule has 2 aromatic rings. The van der Waals surface area contributed by atoms with Crippen LogP contribution in [0.5, 0.6) is 0 Å². The SMILES string of the molecule is O=S(=O)(N[C@H]1CCc2ccccc21)c1ccc(Cl)cc1F. The minimum atomic E-state index is -3.92. The molecular formula is C15H13ClFNO2S. The van der Waals surface area contributed by atoms with Crippen molar-refractivity contribution in [2.75, 3.05) is 0 Å². The Balaban J connectivity index is 1.91. The van der Waals surface area contributed by atoms with E-state index >= 15 is 0 Å². The van der Waals surface area contributed by atoms with E-state index in [0.29, 0.717) is 6.42 Å². The Morgan fingerprint density at radius 2 is 1.95 bits per heavy atom. The highest BCUT2D eigenvalue weighted by Crippen LogP contribution is 2.32. The first kappa shape index (κ1) is 14.5. The predicted octanol–water partition coefficient (Wildman–Crippen LogP) is 3.44. The van der Waals surface area contributed by atoms with Crippen LogP contribution in [-0.4, -0.2) is 8.42 Å². The van der Waals surface area contributed by atoms with Crippen molar-refractivity contribution >= 4 is 21.6 Å².